The first kappa shape index (κ1) is 12.5. The van der Waals surface area contributed by atoms with Crippen molar-refractivity contribution >= 4 is 17.6 Å². The molecule has 6 heteroatoms. The molecule has 0 spiro atoms. The number of hydrogen-bond donors (Lipinski definition) is 2. The molecule has 1 aliphatic rings. The van der Waals surface area contributed by atoms with E-state index in [1.165, 1.54) is 31.2 Å². The van der Waals surface area contributed by atoms with Gasteiger partial charge in [-0.2, -0.15) is 0 Å². The standard InChI is InChI=1S/C12H11F2NO3/c1-7(16)15-9-4-2-8(3-5-9)11(10(17)18)6-12(11,13)14/h2-5H,6H2,1H3,(H,15,16)(H,17,18). The van der Waals surface area contributed by atoms with Gasteiger partial charge in [0.1, 0.15) is 0 Å². The highest BCUT2D eigenvalue weighted by Gasteiger charge is 2.77. The van der Waals surface area contributed by atoms with Crippen molar-refractivity contribution in [2.75, 3.05) is 5.32 Å². The van der Waals surface area contributed by atoms with Crippen molar-refractivity contribution in [3.63, 3.8) is 0 Å². The molecular weight excluding hydrogens is 244 g/mol. The Hall–Kier alpha value is -1.98. The zero-order valence-electron chi connectivity index (χ0n) is 9.54. The average molecular weight is 255 g/mol. The summed E-state index contributed by atoms with van der Waals surface area (Å²) in [5.41, 5.74) is -1.62. The molecule has 1 amide bonds. The first-order chi connectivity index (χ1) is 8.29. The van der Waals surface area contributed by atoms with E-state index < -0.39 is 23.7 Å². The quantitative estimate of drug-likeness (QED) is 0.868. The van der Waals surface area contributed by atoms with E-state index in [0.29, 0.717) is 5.69 Å². The zero-order valence-corrected chi connectivity index (χ0v) is 9.54. The third-order valence-corrected chi connectivity index (χ3v) is 3.05. The number of carbonyl (C=O) groups is 2. The van der Waals surface area contributed by atoms with Crippen molar-refractivity contribution in [2.24, 2.45) is 0 Å². The predicted octanol–water partition coefficient (Wildman–Crippen LogP) is 2.01. The first-order valence-corrected chi connectivity index (χ1v) is 5.29. The van der Waals surface area contributed by atoms with Gasteiger partial charge in [0.25, 0.3) is 5.92 Å². The van der Waals surface area contributed by atoms with Crippen LogP contribution < -0.4 is 5.32 Å². The number of hydrogen-bond acceptors (Lipinski definition) is 2. The molecule has 1 aromatic carbocycles. The zero-order chi connectivity index (χ0) is 13.6. The van der Waals surface area contributed by atoms with E-state index >= 15 is 0 Å². The molecule has 0 saturated heterocycles. The van der Waals surface area contributed by atoms with E-state index in [1.54, 1.807) is 0 Å². The molecule has 4 nitrogen and oxygen atoms in total. The SMILES string of the molecule is CC(=O)Nc1ccc(C2(C(=O)O)CC2(F)F)cc1. The molecular formula is C12H11F2NO3. The Morgan fingerprint density at radius 2 is 1.78 bits per heavy atom. The number of carboxylic acids is 1. The molecule has 0 radical (unpaired) electrons. The van der Waals surface area contributed by atoms with Gasteiger partial charge in [-0.1, -0.05) is 12.1 Å². The Morgan fingerprint density at radius 1 is 1.28 bits per heavy atom. The van der Waals surface area contributed by atoms with Gasteiger partial charge in [0.15, 0.2) is 5.41 Å². The minimum atomic E-state index is -3.21. The van der Waals surface area contributed by atoms with E-state index in [9.17, 15) is 18.4 Å². The minimum Gasteiger partial charge on any atom is -0.480 e. The smallest absolute Gasteiger partial charge is 0.320 e. The lowest BCUT2D eigenvalue weighted by molar-refractivity contribution is -0.143. The van der Waals surface area contributed by atoms with Crippen LogP contribution in [0.15, 0.2) is 24.3 Å². The third kappa shape index (κ3) is 1.73. The summed E-state index contributed by atoms with van der Waals surface area (Å²) in [6.07, 6.45) is -0.686. The van der Waals surface area contributed by atoms with Gasteiger partial charge >= 0.3 is 5.97 Å². The van der Waals surface area contributed by atoms with E-state index in [2.05, 4.69) is 5.32 Å². The monoisotopic (exact) mass is 255 g/mol. The normalized spacial score (nSPS) is 24.4. The van der Waals surface area contributed by atoms with Gasteiger partial charge in [-0.15, -0.1) is 0 Å². The largest absolute Gasteiger partial charge is 0.480 e. The number of carboxylic acid groups (broad SMARTS) is 1. The molecule has 0 bridgehead atoms. The van der Waals surface area contributed by atoms with Crippen molar-refractivity contribution in [3.8, 4) is 0 Å². The average Bonchev–Trinajstić information content (AvgIpc) is 2.83. The Kier molecular flexibility index (Phi) is 2.61. The molecule has 0 heterocycles. The fourth-order valence-electron chi connectivity index (χ4n) is 2.00. The fraction of sp³-hybridized carbons (Fsp3) is 0.333. The van der Waals surface area contributed by atoms with Crippen molar-refractivity contribution in [1.82, 2.24) is 0 Å². The topological polar surface area (TPSA) is 66.4 Å². The lowest BCUT2D eigenvalue weighted by Gasteiger charge is -2.12. The van der Waals surface area contributed by atoms with Crippen molar-refractivity contribution in [3.05, 3.63) is 29.8 Å². The second-order valence-electron chi connectivity index (χ2n) is 4.35. The van der Waals surface area contributed by atoms with E-state index in [4.69, 9.17) is 5.11 Å². The number of nitrogens with one attached hydrogen (secondary N) is 1. The number of halogens is 2. The molecule has 1 fully saturated rings. The molecule has 1 saturated carbocycles. The van der Waals surface area contributed by atoms with Crippen molar-refractivity contribution < 1.29 is 23.5 Å². The van der Waals surface area contributed by atoms with Gasteiger partial charge in [0.2, 0.25) is 5.91 Å². The Balaban J connectivity index is 2.30. The molecule has 2 N–H and O–H groups in total. The van der Waals surface area contributed by atoms with Crippen LogP contribution in [-0.2, 0) is 15.0 Å². The molecule has 0 aromatic heterocycles. The van der Waals surface area contributed by atoms with Gasteiger partial charge in [-0.3, -0.25) is 9.59 Å². The molecule has 1 atom stereocenters. The lowest BCUT2D eigenvalue weighted by Crippen LogP contribution is -2.27. The maximum absolute atomic E-state index is 13.2. The number of alkyl halides is 2. The van der Waals surface area contributed by atoms with E-state index in [1.807, 2.05) is 0 Å². The molecule has 2 rings (SSSR count). The van der Waals surface area contributed by atoms with Crippen LogP contribution in [0.25, 0.3) is 0 Å². The number of amides is 1. The Bertz CT molecular complexity index is 513. The van der Waals surface area contributed by atoms with Crippen molar-refractivity contribution in [1.29, 1.82) is 0 Å². The minimum absolute atomic E-state index is 0.0501. The fourth-order valence-corrected chi connectivity index (χ4v) is 2.00. The molecule has 1 aliphatic carbocycles. The number of aliphatic carboxylic acids is 1. The summed E-state index contributed by atoms with van der Waals surface area (Å²) in [4.78, 5) is 21.8. The van der Waals surface area contributed by atoms with Gasteiger partial charge in [0, 0.05) is 19.0 Å². The van der Waals surface area contributed by atoms with Crippen LogP contribution in [0.3, 0.4) is 0 Å². The summed E-state index contributed by atoms with van der Waals surface area (Å²) in [6.45, 7) is 1.32. The van der Waals surface area contributed by atoms with Gasteiger partial charge < -0.3 is 10.4 Å². The van der Waals surface area contributed by atoms with E-state index in [-0.39, 0.29) is 11.5 Å². The summed E-state index contributed by atoms with van der Waals surface area (Å²) in [5, 5.41) is 11.4. The molecule has 1 unspecified atom stereocenters. The van der Waals surface area contributed by atoms with E-state index in [0.717, 1.165) is 0 Å². The highest BCUT2D eigenvalue weighted by Crippen LogP contribution is 2.61. The number of anilines is 1. The lowest BCUT2D eigenvalue weighted by atomic mass is 9.95. The van der Waals surface area contributed by atoms with Crippen LogP contribution in [0.5, 0.6) is 0 Å². The molecule has 0 aliphatic heterocycles. The molecule has 18 heavy (non-hydrogen) atoms. The summed E-state index contributed by atoms with van der Waals surface area (Å²) in [7, 11) is 0. The summed E-state index contributed by atoms with van der Waals surface area (Å²) >= 11 is 0. The second-order valence-corrected chi connectivity index (χ2v) is 4.35. The molecule has 1 aromatic rings. The van der Waals surface area contributed by atoms with Gasteiger partial charge in [-0.05, 0) is 17.7 Å². The van der Waals surface area contributed by atoms with Crippen LogP contribution in [-0.4, -0.2) is 22.9 Å². The van der Waals surface area contributed by atoms with Gasteiger partial charge in [0.05, 0.1) is 0 Å². The first-order valence-electron chi connectivity index (χ1n) is 5.29. The van der Waals surface area contributed by atoms with Crippen LogP contribution >= 0.6 is 0 Å². The summed E-state index contributed by atoms with van der Waals surface area (Å²) < 4.78 is 26.5. The third-order valence-electron chi connectivity index (χ3n) is 3.05. The van der Waals surface area contributed by atoms with Crippen LogP contribution in [0.1, 0.15) is 18.9 Å². The predicted molar refractivity (Wildman–Crippen MR) is 59.6 cm³/mol. The number of carbonyl (C=O) groups excluding carboxylic acids is 1. The highest BCUT2D eigenvalue weighted by molar-refractivity contribution is 5.90. The Labute approximate surface area is 102 Å². The maximum Gasteiger partial charge on any atom is 0.320 e. The molecule has 96 valence electrons. The Morgan fingerprint density at radius 3 is 2.11 bits per heavy atom. The second kappa shape index (κ2) is 3.76. The maximum atomic E-state index is 13.2. The highest BCUT2D eigenvalue weighted by atomic mass is 19.3. The van der Waals surface area contributed by atoms with Crippen LogP contribution in [0.4, 0.5) is 14.5 Å². The van der Waals surface area contributed by atoms with Crippen LogP contribution in [0.2, 0.25) is 0 Å². The summed E-state index contributed by atoms with van der Waals surface area (Å²) in [6, 6.07) is 5.44. The number of benzene rings is 1. The van der Waals surface area contributed by atoms with Gasteiger partial charge in [-0.25, -0.2) is 8.78 Å². The number of rotatable bonds is 3. The van der Waals surface area contributed by atoms with Crippen LogP contribution in [0, 0.1) is 0 Å². The summed E-state index contributed by atoms with van der Waals surface area (Å²) in [5.74, 6) is -5.03. The van der Waals surface area contributed by atoms with Crippen molar-refractivity contribution in [2.45, 2.75) is 24.7 Å².